The fourth-order valence-corrected chi connectivity index (χ4v) is 3.34. The summed E-state index contributed by atoms with van der Waals surface area (Å²) in [5, 5.41) is 11.3. The molecule has 29 heavy (non-hydrogen) atoms. The maximum absolute atomic E-state index is 13.9. The molecule has 0 radical (unpaired) electrons. The molecule has 0 spiro atoms. The van der Waals surface area contributed by atoms with Crippen LogP contribution in [0.15, 0.2) is 53.4 Å². The van der Waals surface area contributed by atoms with Gasteiger partial charge in [-0.05, 0) is 48.9 Å². The van der Waals surface area contributed by atoms with Crippen LogP contribution in [0.4, 0.5) is 17.6 Å². The summed E-state index contributed by atoms with van der Waals surface area (Å²) in [6.45, 7) is 2.26. The van der Waals surface area contributed by atoms with E-state index in [1.54, 1.807) is 23.9 Å². The lowest BCUT2D eigenvalue weighted by molar-refractivity contribution is -0.164. The van der Waals surface area contributed by atoms with Crippen molar-refractivity contribution >= 4 is 17.7 Å². The van der Waals surface area contributed by atoms with Crippen molar-refractivity contribution in [3.63, 3.8) is 0 Å². The van der Waals surface area contributed by atoms with Gasteiger partial charge in [0, 0.05) is 11.3 Å². The summed E-state index contributed by atoms with van der Waals surface area (Å²) in [4.78, 5) is 12.4. The monoisotopic (exact) mass is 429 g/mol. The van der Waals surface area contributed by atoms with Gasteiger partial charge in [0.1, 0.15) is 17.8 Å². The number of hydrogen-bond donors (Lipinski definition) is 2. The molecular formula is C21H23F4NO2S. The Morgan fingerprint density at radius 3 is 1.86 bits per heavy atom. The zero-order valence-corrected chi connectivity index (χ0v) is 17.1. The van der Waals surface area contributed by atoms with Crippen molar-refractivity contribution < 1.29 is 27.5 Å². The standard InChI is InChI=1S/C21H23F4NO2S/c1-20(2,22)12-17(19(27)28)26-18(21(23,24)25)15-6-4-13(5-7-15)14-8-10-16(29-3)11-9-14/h4-11,17-18,26H,12H2,1-3H3,(H,27,28)/t17-,18-/m0/s1. The number of alkyl halides is 4. The van der Waals surface area contributed by atoms with Crippen LogP contribution in [0, 0.1) is 0 Å². The van der Waals surface area contributed by atoms with E-state index < -0.39 is 36.3 Å². The number of hydrogen-bond acceptors (Lipinski definition) is 3. The van der Waals surface area contributed by atoms with Crippen molar-refractivity contribution in [3.8, 4) is 11.1 Å². The summed E-state index contributed by atoms with van der Waals surface area (Å²) in [5.41, 5.74) is -0.473. The van der Waals surface area contributed by atoms with Crippen LogP contribution in [0.25, 0.3) is 11.1 Å². The molecule has 2 aromatic carbocycles. The topological polar surface area (TPSA) is 49.3 Å². The Morgan fingerprint density at radius 1 is 1.00 bits per heavy atom. The quantitative estimate of drug-likeness (QED) is 0.408. The van der Waals surface area contributed by atoms with Crippen LogP contribution in [0.3, 0.4) is 0 Å². The predicted octanol–water partition coefficient (Wildman–Crippen LogP) is 5.86. The van der Waals surface area contributed by atoms with Gasteiger partial charge in [0.05, 0.1) is 0 Å². The molecule has 0 saturated heterocycles. The largest absolute Gasteiger partial charge is 0.480 e. The number of benzene rings is 2. The summed E-state index contributed by atoms with van der Waals surface area (Å²) >= 11 is 1.59. The number of carboxylic acid groups (broad SMARTS) is 1. The third-order valence-electron chi connectivity index (χ3n) is 4.35. The van der Waals surface area contributed by atoms with E-state index in [0.717, 1.165) is 29.9 Å². The third kappa shape index (κ3) is 6.75. The molecular weight excluding hydrogens is 406 g/mol. The zero-order valence-electron chi connectivity index (χ0n) is 16.3. The lowest BCUT2D eigenvalue weighted by atomic mass is 9.97. The highest BCUT2D eigenvalue weighted by Gasteiger charge is 2.43. The molecule has 2 atom stereocenters. The molecule has 8 heteroatoms. The summed E-state index contributed by atoms with van der Waals surface area (Å²) in [5.74, 6) is -1.53. The lowest BCUT2D eigenvalue weighted by Gasteiger charge is -2.28. The van der Waals surface area contributed by atoms with Crippen LogP contribution >= 0.6 is 11.8 Å². The molecule has 0 amide bonds. The van der Waals surface area contributed by atoms with E-state index in [2.05, 4.69) is 5.32 Å². The second-order valence-corrected chi connectivity index (χ2v) is 8.19. The van der Waals surface area contributed by atoms with E-state index in [1.165, 1.54) is 12.1 Å². The first-order valence-corrected chi connectivity index (χ1v) is 10.1. The number of thioether (sulfide) groups is 1. The van der Waals surface area contributed by atoms with Crippen LogP contribution in [-0.4, -0.2) is 35.2 Å². The van der Waals surface area contributed by atoms with E-state index in [0.29, 0.717) is 0 Å². The number of carbonyl (C=O) groups is 1. The fourth-order valence-electron chi connectivity index (χ4n) is 2.94. The molecule has 0 aliphatic heterocycles. The van der Waals surface area contributed by atoms with Gasteiger partial charge < -0.3 is 5.11 Å². The van der Waals surface area contributed by atoms with E-state index in [-0.39, 0.29) is 5.56 Å². The number of halogens is 4. The number of nitrogens with one attached hydrogen (secondary N) is 1. The van der Waals surface area contributed by atoms with Crippen LogP contribution in [0.2, 0.25) is 0 Å². The Kier molecular flexibility index (Phi) is 7.35. The minimum absolute atomic E-state index is 0.134. The van der Waals surface area contributed by atoms with Crippen molar-refractivity contribution in [1.82, 2.24) is 5.32 Å². The van der Waals surface area contributed by atoms with Gasteiger partial charge in [0.2, 0.25) is 0 Å². The van der Waals surface area contributed by atoms with Crippen molar-refractivity contribution in [2.24, 2.45) is 0 Å². The van der Waals surface area contributed by atoms with Crippen LogP contribution in [0.5, 0.6) is 0 Å². The maximum atomic E-state index is 13.9. The number of rotatable bonds is 8. The minimum atomic E-state index is -4.74. The Bertz CT molecular complexity index is 815. The van der Waals surface area contributed by atoms with Gasteiger partial charge in [0.15, 0.2) is 0 Å². The highest BCUT2D eigenvalue weighted by molar-refractivity contribution is 7.98. The maximum Gasteiger partial charge on any atom is 0.407 e. The van der Waals surface area contributed by atoms with Gasteiger partial charge >= 0.3 is 12.1 Å². The first kappa shape index (κ1) is 23.2. The smallest absolute Gasteiger partial charge is 0.407 e. The van der Waals surface area contributed by atoms with Crippen LogP contribution < -0.4 is 5.32 Å². The third-order valence-corrected chi connectivity index (χ3v) is 5.09. The first-order valence-electron chi connectivity index (χ1n) is 8.89. The molecule has 2 aromatic rings. The second-order valence-electron chi connectivity index (χ2n) is 7.31. The Morgan fingerprint density at radius 2 is 1.48 bits per heavy atom. The van der Waals surface area contributed by atoms with Crippen LogP contribution in [-0.2, 0) is 4.79 Å². The van der Waals surface area contributed by atoms with Gasteiger partial charge in [-0.3, -0.25) is 10.1 Å². The lowest BCUT2D eigenvalue weighted by Crippen LogP contribution is -2.47. The van der Waals surface area contributed by atoms with Gasteiger partial charge in [0.25, 0.3) is 0 Å². The predicted molar refractivity (Wildman–Crippen MR) is 107 cm³/mol. The zero-order chi connectivity index (χ0) is 21.8. The molecule has 0 unspecified atom stereocenters. The molecule has 0 fully saturated rings. The van der Waals surface area contributed by atoms with E-state index >= 15 is 0 Å². The minimum Gasteiger partial charge on any atom is -0.480 e. The first-order chi connectivity index (χ1) is 13.4. The van der Waals surface area contributed by atoms with Gasteiger partial charge in [-0.1, -0.05) is 36.4 Å². The highest BCUT2D eigenvalue weighted by atomic mass is 32.2. The van der Waals surface area contributed by atoms with E-state index in [1.807, 2.05) is 30.5 Å². The average Bonchev–Trinajstić information content (AvgIpc) is 2.63. The number of aliphatic carboxylic acids is 1. The SMILES string of the molecule is CSc1ccc(-c2ccc([C@H](N[C@@H](CC(C)(C)F)C(=O)O)C(F)(F)F)cc2)cc1. The number of carboxylic acids is 1. The molecule has 0 bridgehead atoms. The Labute approximate surface area is 171 Å². The molecule has 0 heterocycles. The van der Waals surface area contributed by atoms with E-state index in [9.17, 15) is 27.5 Å². The molecule has 0 aliphatic carbocycles. The van der Waals surface area contributed by atoms with E-state index in [4.69, 9.17) is 0 Å². The second kappa shape index (κ2) is 9.17. The Balaban J connectivity index is 2.29. The van der Waals surface area contributed by atoms with Gasteiger partial charge in [-0.2, -0.15) is 13.2 Å². The molecule has 3 nitrogen and oxygen atoms in total. The van der Waals surface area contributed by atoms with Crippen molar-refractivity contribution in [2.45, 2.75) is 49.1 Å². The van der Waals surface area contributed by atoms with Crippen molar-refractivity contribution in [2.75, 3.05) is 6.26 Å². The molecule has 158 valence electrons. The van der Waals surface area contributed by atoms with Crippen molar-refractivity contribution in [3.05, 3.63) is 54.1 Å². The molecule has 0 saturated carbocycles. The van der Waals surface area contributed by atoms with Gasteiger partial charge in [-0.25, -0.2) is 4.39 Å². The average molecular weight is 429 g/mol. The molecule has 2 N–H and O–H groups in total. The fraction of sp³-hybridized carbons (Fsp3) is 0.381. The van der Waals surface area contributed by atoms with Gasteiger partial charge in [-0.15, -0.1) is 11.8 Å². The molecule has 0 aromatic heterocycles. The summed E-state index contributed by atoms with van der Waals surface area (Å²) in [6, 6.07) is 9.42. The highest BCUT2D eigenvalue weighted by Crippen LogP contribution is 2.35. The molecule has 0 aliphatic rings. The summed E-state index contributed by atoms with van der Waals surface area (Å²) < 4.78 is 54.7. The van der Waals surface area contributed by atoms with Crippen LogP contribution in [0.1, 0.15) is 31.9 Å². The van der Waals surface area contributed by atoms with Crippen molar-refractivity contribution in [1.29, 1.82) is 0 Å². The Hall–Kier alpha value is -2.06. The summed E-state index contributed by atoms with van der Waals surface area (Å²) in [7, 11) is 0. The molecule has 2 rings (SSSR count). The normalized spacial score (nSPS) is 14.4. The summed E-state index contributed by atoms with van der Waals surface area (Å²) in [6.07, 6.45) is -3.38.